The van der Waals surface area contributed by atoms with Crippen LogP contribution in [-0.4, -0.2) is 27.6 Å². The molecule has 0 radical (unpaired) electrons. The molecule has 2 N–H and O–H groups in total. The first kappa shape index (κ1) is 19.7. The average Bonchev–Trinajstić information content (AvgIpc) is 2.41. The molecular weight excluding hydrogens is 308 g/mol. The Bertz CT molecular complexity index is 394. The molecule has 1 rings (SSSR count). The van der Waals surface area contributed by atoms with Gasteiger partial charge in [-0.1, -0.05) is 61.5 Å². The molecule has 1 aromatic rings. The van der Waals surface area contributed by atoms with Crippen LogP contribution in [0.15, 0.2) is 18.2 Å². The van der Waals surface area contributed by atoms with Crippen LogP contribution in [0.1, 0.15) is 55.4 Å². The van der Waals surface area contributed by atoms with Gasteiger partial charge >= 0.3 is 0 Å². The van der Waals surface area contributed by atoms with Crippen LogP contribution in [-0.2, 0) is 0 Å². The monoisotopic (exact) mass is 341 g/mol. The Balaban J connectivity index is 2.85. The van der Waals surface area contributed by atoms with Gasteiger partial charge in [-0.25, -0.2) is 4.98 Å². The molecular formula is C17H33N3P2. The third kappa shape index (κ3) is 6.01. The van der Waals surface area contributed by atoms with Gasteiger partial charge in [0.1, 0.15) is 11.6 Å². The predicted molar refractivity (Wildman–Crippen MR) is 106 cm³/mol. The van der Waals surface area contributed by atoms with Crippen LogP contribution in [0, 0.1) is 0 Å². The molecule has 22 heavy (non-hydrogen) atoms. The smallest absolute Gasteiger partial charge is 0.131 e. The second-order valence-electron chi connectivity index (χ2n) is 6.82. The number of pyridine rings is 1. The van der Waals surface area contributed by atoms with Crippen molar-refractivity contribution in [3.8, 4) is 0 Å². The summed E-state index contributed by atoms with van der Waals surface area (Å²) in [5.41, 5.74) is 2.60. The number of nitrogens with zero attached hydrogens (tertiary/aromatic N) is 1. The van der Waals surface area contributed by atoms with Gasteiger partial charge in [0.05, 0.1) is 0 Å². The molecule has 1 aromatic heterocycles. The van der Waals surface area contributed by atoms with Crippen molar-refractivity contribution in [2.75, 3.05) is 10.2 Å². The van der Waals surface area contributed by atoms with E-state index >= 15 is 0 Å². The zero-order valence-electron chi connectivity index (χ0n) is 15.4. The fourth-order valence-electron chi connectivity index (χ4n) is 2.53. The Labute approximate surface area is 139 Å². The van der Waals surface area contributed by atoms with Crippen molar-refractivity contribution < 1.29 is 0 Å². The molecule has 0 aromatic carbocycles. The molecule has 0 spiro atoms. The fourth-order valence-corrected chi connectivity index (χ4v) is 6.73. The highest BCUT2D eigenvalue weighted by atomic mass is 31.1. The molecule has 126 valence electrons. The number of nitrogens with one attached hydrogen (secondary N) is 2. The Morgan fingerprint density at radius 1 is 0.682 bits per heavy atom. The summed E-state index contributed by atoms with van der Waals surface area (Å²) in [6, 6.07) is 6.26. The van der Waals surface area contributed by atoms with Crippen LogP contribution < -0.4 is 10.2 Å². The number of hydrogen-bond donors (Lipinski definition) is 2. The van der Waals surface area contributed by atoms with Crippen molar-refractivity contribution in [3.05, 3.63) is 18.2 Å². The summed E-state index contributed by atoms with van der Waals surface area (Å²) in [4.78, 5) is 4.79. The van der Waals surface area contributed by atoms with Crippen molar-refractivity contribution >= 4 is 27.8 Å². The van der Waals surface area contributed by atoms with E-state index in [1.807, 2.05) is 0 Å². The highest BCUT2D eigenvalue weighted by Crippen LogP contribution is 2.47. The van der Waals surface area contributed by atoms with Gasteiger partial charge in [0.15, 0.2) is 0 Å². The van der Waals surface area contributed by atoms with Crippen molar-refractivity contribution in [1.29, 1.82) is 0 Å². The van der Waals surface area contributed by atoms with Gasteiger partial charge in [0, 0.05) is 0 Å². The third-order valence-corrected chi connectivity index (χ3v) is 8.89. The maximum Gasteiger partial charge on any atom is 0.131 e. The Kier molecular flexibility index (Phi) is 8.08. The normalized spacial score (nSPS) is 12.3. The summed E-state index contributed by atoms with van der Waals surface area (Å²) in [5, 5.41) is 7.34. The van der Waals surface area contributed by atoms with E-state index in [0.717, 1.165) is 11.6 Å². The van der Waals surface area contributed by atoms with Crippen LogP contribution in [0.2, 0.25) is 0 Å². The molecule has 1 heterocycles. The lowest BCUT2D eigenvalue weighted by Crippen LogP contribution is -2.13. The molecule has 5 heteroatoms. The van der Waals surface area contributed by atoms with Crippen LogP contribution in [0.25, 0.3) is 0 Å². The molecule has 0 aliphatic heterocycles. The Hall–Kier alpha value is -0.390. The first-order valence-electron chi connectivity index (χ1n) is 8.29. The van der Waals surface area contributed by atoms with Gasteiger partial charge < -0.3 is 10.2 Å². The van der Waals surface area contributed by atoms with E-state index in [-0.39, 0.29) is 16.1 Å². The molecule has 0 bridgehead atoms. The minimum atomic E-state index is -0.248. The summed E-state index contributed by atoms with van der Waals surface area (Å²) in [5.74, 6) is 2.00. The Morgan fingerprint density at radius 3 is 1.27 bits per heavy atom. The lowest BCUT2D eigenvalue weighted by Gasteiger charge is -2.28. The topological polar surface area (TPSA) is 37.0 Å². The van der Waals surface area contributed by atoms with Crippen LogP contribution in [0.5, 0.6) is 0 Å². The largest absolute Gasteiger partial charge is 0.349 e. The highest BCUT2D eigenvalue weighted by Gasteiger charge is 2.19. The van der Waals surface area contributed by atoms with E-state index in [4.69, 9.17) is 4.98 Å². The number of hydrogen-bond acceptors (Lipinski definition) is 3. The molecule has 0 fully saturated rings. The molecule has 0 unspecified atom stereocenters. The van der Waals surface area contributed by atoms with Gasteiger partial charge in [0.25, 0.3) is 0 Å². The molecule has 3 nitrogen and oxygen atoms in total. The van der Waals surface area contributed by atoms with E-state index in [1.54, 1.807) is 0 Å². The highest BCUT2D eigenvalue weighted by molar-refractivity contribution is 7.60. The first-order chi connectivity index (χ1) is 10.2. The van der Waals surface area contributed by atoms with Crippen LogP contribution in [0.4, 0.5) is 11.6 Å². The number of anilines is 2. The second kappa shape index (κ2) is 9.04. The van der Waals surface area contributed by atoms with Gasteiger partial charge in [-0.3, -0.25) is 0 Å². The van der Waals surface area contributed by atoms with Gasteiger partial charge in [0.2, 0.25) is 0 Å². The number of aromatic nitrogens is 1. The number of rotatable bonds is 8. The minimum absolute atomic E-state index is 0.248. The summed E-state index contributed by atoms with van der Waals surface area (Å²) >= 11 is 0. The maximum absolute atomic E-state index is 4.79. The first-order valence-corrected chi connectivity index (χ1v) is 11.3. The summed E-state index contributed by atoms with van der Waals surface area (Å²) < 4.78 is 0. The van der Waals surface area contributed by atoms with E-state index in [2.05, 4.69) is 83.8 Å². The standard InChI is InChI=1S/C17H33N3P2/c1-12(2)21(13(3)4)19-16-10-9-11-17(18-16)20-22(14(5)6)15(7)8/h9-15H,1-8H3,(H2,18,19,20). The summed E-state index contributed by atoms with van der Waals surface area (Å²) in [7, 11) is -0.495. The lowest BCUT2D eigenvalue weighted by atomic mass is 10.4. The van der Waals surface area contributed by atoms with Crippen molar-refractivity contribution in [2.45, 2.75) is 78.0 Å². The van der Waals surface area contributed by atoms with Gasteiger partial charge in [-0.15, -0.1) is 0 Å². The van der Waals surface area contributed by atoms with E-state index in [9.17, 15) is 0 Å². The minimum Gasteiger partial charge on any atom is -0.349 e. The molecule has 0 saturated carbocycles. The van der Waals surface area contributed by atoms with E-state index in [1.165, 1.54) is 0 Å². The predicted octanol–water partition coefficient (Wildman–Crippen LogP) is 6.33. The second-order valence-corrected chi connectivity index (χ2v) is 13.0. The van der Waals surface area contributed by atoms with Crippen molar-refractivity contribution in [1.82, 2.24) is 4.98 Å². The third-order valence-electron chi connectivity index (χ3n) is 3.46. The van der Waals surface area contributed by atoms with Crippen LogP contribution >= 0.6 is 16.1 Å². The fraction of sp³-hybridized carbons (Fsp3) is 0.706. The summed E-state index contributed by atoms with van der Waals surface area (Å²) in [6.45, 7) is 18.3. The quantitative estimate of drug-likeness (QED) is 0.542. The van der Waals surface area contributed by atoms with E-state index < -0.39 is 0 Å². The molecule has 0 amide bonds. The zero-order valence-corrected chi connectivity index (χ0v) is 17.2. The van der Waals surface area contributed by atoms with Gasteiger partial charge in [-0.2, -0.15) is 0 Å². The molecule has 0 atom stereocenters. The molecule has 0 aliphatic carbocycles. The summed E-state index contributed by atoms with van der Waals surface area (Å²) in [6.07, 6.45) is 0. The zero-order chi connectivity index (χ0) is 16.9. The molecule has 0 saturated heterocycles. The van der Waals surface area contributed by atoms with Crippen LogP contribution in [0.3, 0.4) is 0 Å². The van der Waals surface area contributed by atoms with Gasteiger partial charge in [-0.05, 0) is 50.9 Å². The SMILES string of the molecule is CC(C)P(Nc1cccc(NP(C(C)C)C(C)C)n1)C(C)C. The Morgan fingerprint density at radius 2 is 1.00 bits per heavy atom. The van der Waals surface area contributed by atoms with Crippen molar-refractivity contribution in [2.24, 2.45) is 0 Å². The van der Waals surface area contributed by atoms with Crippen molar-refractivity contribution in [3.63, 3.8) is 0 Å². The lowest BCUT2D eigenvalue weighted by molar-refractivity contribution is 1.01. The maximum atomic E-state index is 4.79. The average molecular weight is 341 g/mol. The molecule has 0 aliphatic rings. The van der Waals surface area contributed by atoms with E-state index in [0.29, 0.717) is 22.6 Å².